The minimum atomic E-state index is -0.582. The molecule has 7 heteroatoms. The maximum absolute atomic E-state index is 12.0. The van der Waals surface area contributed by atoms with E-state index in [1.54, 1.807) is 13.8 Å². The molecule has 0 aromatic rings. The van der Waals surface area contributed by atoms with Gasteiger partial charge in [0.15, 0.2) is 0 Å². The molecular weight excluding hydrogens is 324 g/mol. The van der Waals surface area contributed by atoms with Crippen LogP contribution in [0.5, 0.6) is 0 Å². The van der Waals surface area contributed by atoms with Crippen molar-refractivity contribution in [3.05, 3.63) is 11.3 Å². The summed E-state index contributed by atoms with van der Waals surface area (Å²) in [6.45, 7) is 5.80. The molecule has 0 aliphatic carbocycles. The monoisotopic (exact) mass is 354 g/mol. The lowest BCUT2D eigenvalue weighted by atomic mass is 10.1. The number of nitrogens with one attached hydrogen (secondary N) is 1. The molecule has 0 atom stereocenters. The summed E-state index contributed by atoms with van der Waals surface area (Å²) < 4.78 is 9.91. The van der Waals surface area contributed by atoms with Gasteiger partial charge in [-0.05, 0) is 26.7 Å². The lowest BCUT2D eigenvalue weighted by Gasteiger charge is -2.13. The summed E-state index contributed by atoms with van der Waals surface area (Å²) in [5.74, 6) is -0.543. The van der Waals surface area contributed by atoms with Gasteiger partial charge >= 0.3 is 12.1 Å². The molecular formula is C18H30N2O5. The number of carbonyl (C=O) groups excluding carboxylic acids is 3. The third-order valence-corrected chi connectivity index (χ3v) is 3.57. The molecule has 0 rings (SSSR count). The molecule has 0 aromatic heterocycles. The van der Waals surface area contributed by atoms with Crippen LogP contribution in [-0.2, 0) is 19.1 Å². The van der Waals surface area contributed by atoms with E-state index in [9.17, 15) is 14.4 Å². The Balaban J connectivity index is 4.67. The first-order valence-electron chi connectivity index (χ1n) is 8.91. The second kappa shape index (κ2) is 15.4. The first-order valence-corrected chi connectivity index (χ1v) is 8.91. The second-order valence-corrected chi connectivity index (χ2v) is 5.58. The zero-order valence-corrected chi connectivity index (χ0v) is 15.6. The van der Waals surface area contributed by atoms with E-state index < -0.39 is 12.1 Å². The number of carbonyl (C=O) groups is 2. The number of aliphatic imine (C=N–C) groups is 1. The van der Waals surface area contributed by atoms with E-state index in [0.717, 1.165) is 19.3 Å². The van der Waals surface area contributed by atoms with Crippen LogP contribution >= 0.6 is 0 Å². The largest absolute Gasteiger partial charge is 0.460 e. The van der Waals surface area contributed by atoms with E-state index in [4.69, 9.17) is 9.47 Å². The van der Waals surface area contributed by atoms with Gasteiger partial charge in [-0.25, -0.2) is 19.4 Å². The van der Waals surface area contributed by atoms with E-state index in [1.165, 1.54) is 25.3 Å². The van der Waals surface area contributed by atoms with Crippen molar-refractivity contribution in [2.45, 2.75) is 65.7 Å². The number of amides is 1. The fourth-order valence-corrected chi connectivity index (χ4v) is 2.18. The molecule has 0 bridgehead atoms. The van der Waals surface area contributed by atoms with Gasteiger partial charge in [-0.3, -0.25) is 5.32 Å². The summed E-state index contributed by atoms with van der Waals surface area (Å²) in [7, 11) is 0. The van der Waals surface area contributed by atoms with Crippen LogP contribution in [0.3, 0.4) is 0 Å². The van der Waals surface area contributed by atoms with Crippen LogP contribution in [0.2, 0.25) is 0 Å². The van der Waals surface area contributed by atoms with Crippen LogP contribution in [0.1, 0.15) is 65.7 Å². The Labute approximate surface area is 149 Å². The normalized spacial score (nSPS) is 11.2. The Kier molecular flexibility index (Phi) is 14.1. The number of isocyanates is 1. The van der Waals surface area contributed by atoms with E-state index >= 15 is 0 Å². The molecule has 0 unspecified atom stereocenters. The maximum atomic E-state index is 12.0. The first-order chi connectivity index (χ1) is 12.1. The molecule has 0 fully saturated rings. The van der Waals surface area contributed by atoms with Crippen LogP contribution in [0, 0.1) is 0 Å². The Morgan fingerprint density at radius 3 is 2.36 bits per heavy atom. The van der Waals surface area contributed by atoms with E-state index in [1.807, 2.05) is 0 Å². The SMILES string of the molecule is CCCCCCCCC(NC(=O)OCC)=C(C)C(=O)OCCN=C=O. The first kappa shape index (κ1) is 22.9. The predicted octanol–water partition coefficient (Wildman–Crippen LogP) is 3.64. The fraction of sp³-hybridized carbons (Fsp3) is 0.722. The van der Waals surface area contributed by atoms with Gasteiger partial charge in [0.05, 0.1) is 18.7 Å². The van der Waals surface area contributed by atoms with Crippen molar-refractivity contribution in [1.82, 2.24) is 5.32 Å². The van der Waals surface area contributed by atoms with Crippen molar-refractivity contribution < 1.29 is 23.9 Å². The van der Waals surface area contributed by atoms with Gasteiger partial charge in [0.25, 0.3) is 0 Å². The number of unbranched alkanes of at least 4 members (excludes halogenated alkanes) is 5. The number of hydrogen-bond donors (Lipinski definition) is 1. The van der Waals surface area contributed by atoms with Gasteiger partial charge in [0, 0.05) is 5.70 Å². The lowest BCUT2D eigenvalue weighted by Crippen LogP contribution is -2.26. The highest BCUT2D eigenvalue weighted by atomic mass is 16.5. The third-order valence-electron chi connectivity index (χ3n) is 3.57. The molecule has 0 saturated carbocycles. The number of hydrogen-bond acceptors (Lipinski definition) is 6. The molecule has 142 valence electrons. The molecule has 0 aromatic carbocycles. The minimum Gasteiger partial charge on any atom is -0.460 e. The number of allylic oxidation sites excluding steroid dienone is 1. The van der Waals surface area contributed by atoms with Gasteiger partial charge in [0.1, 0.15) is 6.61 Å². The fourth-order valence-electron chi connectivity index (χ4n) is 2.18. The number of alkyl carbamates (subject to hydrolysis) is 1. The smallest absolute Gasteiger partial charge is 0.411 e. The van der Waals surface area contributed by atoms with E-state index in [2.05, 4.69) is 17.2 Å². The molecule has 0 heterocycles. The molecule has 0 aliphatic heterocycles. The van der Waals surface area contributed by atoms with E-state index in [-0.39, 0.29) is 19.8 Å². The van der Waals surface area contributed by atoms with Crippen molar-refractivity contribution in [2.75, 3.05) is 19.8 Å². The van der Waals surface area contributed by atoms with E-state index in [0.29, 0.717) is 17.7 Å². The molecule has 1 N–H and O–H groups in total. The summed E-state index contributed by atoms with van der Waals surface area (Å²) in [5, 5.41) is 2.63. The molecule has 0 saturated heterocycles. The Hall–Kier alpha value is -2.14. The lowest BCUT2D eigenvalue weighted by molar-refractivity contribution is -0.138. The molecule has 25 heavy (non-hydrogen) atoms. The quantitative estimate of drug-likeness (QED) is 0.179. The van der Waals surface area contributed by atoms with Crippen molar-refractivity contribution in [3.8, 4) is 0 Å². The highest BCUT2D eigenvalue weighted by molar-refractivity contribution is 5.89. The Morgan fingerprint density at radius 2 is 1.72 bits per heavy atom. The van der Waals surface area contributed by atoms with Crippen LogP contribution in [-0.4, -0.2) is 37.9 Å². The van der Waals surface area contributed by atoms with Gasteiger partial charge in [-0.1, -0.05) is 39.0 Å². The van der Waals surface area contributed by atoms with Crippen LogP contribution < -0.4 is 5.32 Å². The standard InChI is InChI=1S/C18H30N2O5/c1-4-6-7-8-9-10-11-16(20-18(23)24-5-2)15(3)17(22)25-13-12-19-14-21/h4-13H2,1-3H3,(H,20,23). The average molecular weight is 354 g/mol. The summed E-state index contributed by atoms with van der Waals surface area (Å²) in [5.41, 5.74) is 0.842. The van der Waals surface area contributed by atoms with Crippen molar-refractivity contribution >= 4 is 18.1 Å². The van der Waals surface area contributed by atoms with Crippen LogP contribution in [0.15, 0.2) is 16.3 Å². The summed E-state index contributed by atoms with van der Waals surface area (Å²) in [6, 6.07) is 0. The zero-order valence-electron chi connectivity index (χ0n) is 15.6. The van der Waals surface area contributed by atoms with Gasteiger partial charge in [-0.15, -0.1) is 0 Å². The van der Waals surface area contributed by atoms with Gasteiger partial charge < -0.3 is 9.47 Å². The number of nitrogens with zero attached hydrogens (tertiary/aromatic N) is 1. The molecule has 0 radical (unpaired) electrons. The number of esters is 1. The Bertz CT molecular complexity index is 482. The minimum absolute atomic E-state index is 0.00484. The maximum Gasteiger partial charge on any atom is 0.411 e. The summed E-state index contributed by atoms with van der Waals surface area (Å²) in [4.78, 5) is 37.0. The molecule has 7 nitrogen and oxygen atoms in total. The third kappa shape index (κ3) is 12.0. The molecule has 1 amide bonds. The number of rotatable bonds is 13. The predicted molar refractivity (Wildman–Crippen MR) is 94.8 cm³/mol. The molecule has 0 spiro atoms. The number of ether oxygens (including phenoxy) is 2. The van der Waals surface area contributed by atoms with Crippen molar-refractivity contribution in [1.29, 1.82) is 0 Å². The Morgan fingerprint density at radius 1 is 1.04 bits per heavy atom. The van der Waals surface area contributed by atoms with Crippen molar-refractivity contribution in [2.24, 2.45) is 4.99 Å². The van der Waals surface area contributed by atoms with Crippen LogP contribution in [0.4, 0.5) is 4.79 Å². The highest BCUT2D eigenvalue weighted by Crippen LogP contribution is 2.14. The zero-order chi connectivity index (χ0) is 18.9. The second-order valence-electron chi connectivity index (χ2n) is 5.58. The van der Waals surface area contributed by atoms with Crippen LogP contribution in [0.25, 0.3) is 0 Å². The summed E-state index contributed by atoms with van der Waals surface area (Å²) >= 11 is 0. The average Bonchev–Trinajstić information content (AvgIpc) is 2.60. The van der Waals surface area contributed by atoms with Gasteiger partial charge in [-0.2, -0.15) is 0 Å². The molecule has 0 aliphatic rings. The van der Waals surface area contributed by atoms with Crippen molar-refractivity contribution in [3.63, 3.8) is 0 Å². The summed E-state index contributed by atoms with van der Waals surface area (Å²) in [6.07, 6.45) is 8.00. The highest BCUT2D eigenvalue weighted by Gasteiger charge is 2.15. The topological polar surface area (TPSA) is 94.1 Å². The van der Waals surface area contributed by atoms with Gasteiger partial charge in [0.2, 0.25) is 6.08 Å².